The molecule has 1 aromatic heterocycles. The van der Waals surface area contributed by atoms with E-state index < -0.39 is 6.17 Å². The van der Waals surface area contributed by atoms with Crippen LogP contribution in [0.15, 0.2) is 64.4 Å². The van der Waals surface area contributed by atoms with Crippen molar-refractivity contribution in [1.29, 1.82) is 0 Å². The molecular formula is C22H22ClN5O. The van der Waals surface area contributed by atoms with E-state index in [0.717, 1.165) is 11.3 Å². The molecule has 0 saturated carbocycles. The summed E-state index contributed by atoms with van der Waals surface area (Å²) in [6.07, 6.45) is -0.567. The van der Waals surface area contributed by atoms with E-state index in [1.54, 1.807) is 13.0 Å². The Balaban J connectivity index is 1.74. The zero-order valence-corrected chi connectivity index (χ0v) is 17.2. The van der Waals surface area contributed by atoms with Crippen LogP contribution in [0, 0.1) is 6.92 Å². The number of halogens is 1. The average molecular weight is 408 g/mol. The summed E-state index contributed by atoms with van der Waals surface area (Å²) >= 11 is 6.18. The number of nitrogens with one attached hydrogen (secondary N) is 2. The van der Waals surface area contributed by atoms with Crippen LogP contribution in [-0.2, 0) is 0 Å². The molecule has 29 heavy (non-hydrogen) atoms. The van der Waals surface area contributed by atoms with Gasteiger partial charge >= 0.3 is 0 Å². The van der Waals surface area contributed by atoms with Crippen molar-refractivity contribution in [3.63, 3.8) is 0 Å². The normalized spacial score (nSPS) is 15.5. The van der Waals surface area contributed by atoms with Gasteiger partial charge in [0, 0.05) is 22.5 Å². The van der Waals surface area contributed by atoms with E-state index >= 15 is 0 Å². The molecule has 1 aliphatic heterocycles. The lowest BCUT2D eigenvalue weighted by Crippen LogP contribution is -2.37. The highest BCUT2D eigenvalue weighted by Gasteiger charge is 2.25. The summed E-state index contributed by atoms with van der Waals surface area (Å²) in [7, 11) is 0. The number of guanidine groups is 1. The first-order chi connectivity index (χ1) is 13.9. The van der Waals surface area contributed by atoms with Crippen molar-refractivity contribution in [1.82, 2.24) is 9.55 Å². The lowest BCUT2D eigenvalue weighted by atomic mass is 10.0. The zero-order valence-electron chi connectivity index (χ0n) is 16.5. The van der Waals surface area contributed by atoms with Gasteiger partial charge in [-0.25, -0.2) is 9.98 Å². The van der Waals surface area contributed by atoms with Gasteiger partial charge in [-0.05, 0) is 48.2 Å². The number of aromatic nitrogens is 2. The van der Waals surface area contributed by atoms with Crippen molar-refractivity contribution in [2.24, 2.45) is 4.99 Å². The van der Waals surface area contributed by atoms with Crippen LogP contribution in [-0.4, -0.2) is 15.5 Å². The minimum atomic E-state index is -0.567. The summed E-state index contributed by atoms with van der Waals surface area (Å²) in [6, 6.07) is 17.1. The van der Waals surface area contributed by atoms with Crippen LogP contribution in [0.4, 0.5) is 11.6 Å². The van der Waals surface area contributed by atoms with Gasteiger partial charge in [0.1, 0.15) is 0 Å². The number of hydrogen-bond donors (Lipinski definition) is 2. The number of nitrogens with zero attached hydrogens (tertiary/aromatic N) is 3. The predicted molar refractivity (Wildman–Crippen MR) is 118 cm³/mol. The van der Waals surface area contributed by atoms with Gasteiger partial charge in [0.15, 0.2) is 6.17 Å². The molecule has 1 aliphatic rings. The number of rotatable bonds is 3. The average Bonchev–Trinajstić information content (AvgIpc) is 2.67. The molecule has 0 aliphatic carbocycles. The Morgan fingerprint density at radius 1 is 1.14 bits per heavy atom. The van der Waals surface area contributed by atoms with Gasteiger partial charge < -0.3 is 5.32 Å². The maximum atomic E-state index is 12.7. The Bertz CT molecular complexity index is 1130. The second kappa shape index (κ2) is 7.72. The molecule has 0 saturated heterocycles. The summed E-state index contributed by atoms with van der Waals surface area (Å²) in [5.74, 6) is 1.42. The Morgan fingerprint density at radius 2 is 1.90 bits per heavy atom. The van der Waals surface area contributed by atoms with Crippen molar-refractivity contribution < 1.29 is 0 Å². The minimum absolute atomic E-state index is 0.172. The third-order valence-corrected chi connectivity index (χ3v) is 5.03. The molecule has 2 N–H and O–H groups in total. The molecule has 0 radical (unpaired) electrons. The maximum absolute atomic E-state index is 12.7. The molecule has 0 fully saturated rings. The van der Waals surface area contributed by atoms with E-state index in [1.165, 1.54) is 16.2 Å². The van der Waals surface area contributed by atoms with Crippen LogP contribution in [0.1, 0.15) is 42.8 Å². The summed E-state index contributed by atoms with van der Waals surface area (Å²) < 4.78 is 1.53. The van der Waals surface area contributed by atoms with E-state index in [1.807, 2.05) is 30.3 Å². The van der Waals surface area contributed by atoms with Gasteiger partial charge in [-0.3, -0.25) is 14.7 Å². The van der Waals surface area contributed by atoms with E-state index in [4.69, 9.17) is 16.6 Å². The summed E-state index contributed by atoms with van der Waals surface area (Å²) in [5.41, 5.74) is 3.44. The van der Waals surface area contributed by atoms with Gasteiger partial charge in [0.05, 0.1) is 0 Å². The summed E-state index contributed by atoms with van der Waals surface area (Å²) in [4.78, 5) is 21.9. The van der Waals surface area contributed by atoms with Crippen LogP contribution < -0.4 is 16.2 Å². The van der Waals surface area contributed by atoms with Gasteiger partial charge in [0.2, 0.25) is 11.9 Å². The van der Waals surface area contributed by atoms with Crippen LogP contribution in [0.25, 0.3) is 0 Å². The second-order valence-corrected chi connectivity index (χ2v) is 7.80. The van der Waals surface area contributed by atoms with E-state index in [9.17, 15) is 4.79 Å². The third-order valence-electron chi connectivity index (χ3n) is 4.79. The molecular weight excluding hydrogens is 386 g/mol. The monoisotopic (exact) mass is 407 g/mol. The predicted octanol–water partition coefficient (Wildman–Crippen LogP) is 4.77. The van der Waals surface area contributed by atoms with Crippen LogP contribution in [0.2, 0.25) is 5.02 Å². The third kappa shape index (κ3) is 4.03. The Labute approximate surface area is 174 Å². The smallest absolute Gasteiger partial charge is 0.257 e. The molecule has 3 aromatic rings. The highest BCUT2D eigenvalue weighted by atomic mass is 35.5. The van der Waals surface area contributed by atoms with Crippen LogP contribution in [0.3, 0.4) is 0 Å². The Kier molecular flexibility index (Phi) is 5.11. The lowest BCUT2D eigenvalue weighted by molar-refractivity contribution is 0.577. The van der Waals surface area contributed by atoms with Gasteiger partial charge in [-0.15, -0.1) is 0 Å². The fourth-order valence-corrected chi connectivity index (χ4v) is 3.49. The molecule has 0 amide bonds. The van der Waals surface area contributed by atoms with Crippen molar-refractivity contribution in [2.75, 3.05) is 10.6 Å². The highest BCUT2D eigenvalue weighted by Crippen LogP contribution is 2.27. The van der Waals surface area contributed by atoms with E-state index in [-0.39, 0.29) is 5.56 Å². The molecule has 7 heteroatoms. The summed E-state index contributed by atoms with van der Waals surface area (Å²) in [5, 5.41) is 7.02. The van der Waals surface area contributed by atoms with Crippen LogP contribution in [0.5, 0.6) is 0 Å². The molecule has 0 spiro atoms. The number of aryl methyl sites for hydroxylation is 1. The lowest BCUT2D eigenvalue weighted by Gasteiger charge is -2.27. The quantitative estimate of drug-likeness (QED) is 0.656. The first-order valence-electron chi connectivity index (χ1n) is 9.48. The topological polar surface area (TPSA) is 71.3 Å². The van der Waals surface area contributed by atoms with Crippen LogP contribution >= 0.6 is 11.6 Å². The van der Waals surface area contributed by atoms with Gasteiger partial charge in [-0.2, -0.15) is 0 Å². The number of fused-ring (bicyclic) bond motifs is 1. The number of anilines is 2. The first-order valence-corrected chi connectivity index (χ1v) is 9.86. The van der Waals surface area contributed by atoms with Gasteiger partial charge in [-0.1, -0.05) is 49.7 Å². The molecule has 0 bridgehead atoms. The molecule has 4 rings (SSSR count). The molecule has 0 unspecified atom stereocenters. The standard InChI is InChI=1S/C22H22ClN5O/c1-13(2)15-7-9-18(10-8-15)25-21-26-20(16-5-4-6-17(23)12-16)28-19(29)11-14(3)24-22(28)27-21/h4-13,20H,1-3H3,(H2,24,25,26,27)/t20-/m1/s1. The Morgan fingerprint density at radius 3 is 2.59 bits per heavy atom. The largest absolute Gasteiger partial charge is 0.326 e. The SMILES string of the molecule is Cc1cc(=O)n2c(n1)NC(Nc1ccc(C(C)C)cc1)=N[C@H]2c1cccc(Cl)c1. The molecule has 148 valence electrons. The van der Waals surface area contributed by atoms with Crippen molar-refractivity contribution in [3.05, 3.63) is 86.8 Å². The fraction of sp³-hybridized carbons (Fsp3) is 0.227. The molecule has 1 atom stereocenters. The number of hydrogen-bond acceptors (Lipinski definition) is 5. The maximum Gasteiger partial charge on any atom is 0.257 e. The summed E-state index contributed by atoms with van der Waals surface area (Å²) in [6.45, 7) is 6.11. The van der Waals surface area contributed by atoms with E-state index in [0.29, 0.717) is 28.5 Å². The van der Waals surface area contributed by atoms with Gasteiger partial charge in [0.25, 0.3) is 5.56 Å². The zero-order chi connectivity index (χ0) is 20.5. The van der Waals surface area contributed by atoms with Crippen molar-refractivity contribution >= 4 is 29.2 Å². The minimum Gasteiger partial charge on any atom is -0.326 e. The number of benzene rings is 2. The molecule has 2 aromatic carbocycles. The molecule has 2 heterocycles. The van der Waals surface area contributed by atoms with E-state index in [2.05, 4.69) is 41.6 Å². The number of aliphatic imine (C=N–C) groups is 1. The molecule has 6 nitrogen and oxygen atoms in total. The highest BCUT2D eigenvalue weighted by molar-refractivity contribution is 6.30. The van der Waals surface area contributed by atoms with Crippen molar-refractivity contribution in [2.45, 2.75) is 32.9 Å². The Hall–Kier alpha value is -3.12. The fourth-order valence-electron chi connectivity index (χ4n) is 3.29. The first kappa shape index (κ1) is 19.2. The second-order valence-electron chi connectivity index (χ2n) is 7.36. The van der Waals surface area contributed by atoms with Crippen molar-refractivity contribution in [3.8, 4) is 0 Å².